The van der Waals surface area contributed by atoms with Crippen LogP contribution >= 0.6 is 0 Å². The van der Waals surface area contributed by atoms with Crippen molar-refractivity contribution in [2.75, 3.05) is 6.61 Å². The molecule has 1 saturated heterocycles. The van der Waals surface area contributed by atoms with Gasteiger partial charge in [0.1, 0.15) is 24.4 Å². The van der Waals surface area contributed by atoms with Crippen LogP contribution in [0.25, 0.3) is 0 Å². The van der Waals surface area contributed by atoms with E-state index in [0.29, 0.717) is 12.8 Å². The molecule has 53 heavy (non-hydrogen) atoms. The molecule has 8 nitrogen and oxygen atoms in total. The number of hydrogen-bond donors (Lipinski definition) is 6. The maximum absolute atomic E-state index is 13.1. The van der Waals surface area contributed by atoms with Gasteiger partial charge in [-0.05, 0) is 37.7 Å². The van der Waals surface area contributed by atoms with E-state index >= 15 is 0 Å². The number of carbonyl (C=O) groups is 1. The Morgan fingerprint density at radius 1 is 0.642 bits per heavy atom. The molecule has 0 aliphatic carbocycles. The van der Waals surface area contributed by atoms with Crippen LogP contribution in [-0.4, -0.2) is 75.5 Å². The Balaban J connectivity index is 1.53. The van der Waals surface area contributed by atoms with Crippen LogP contribution in [-0.2, 0) is 16.0 Å². The molecule has 0 radical (unpaired) electrons. The zero-order valence-corrected chi connectivity index (χ0v) is 33.8. The number of rotatable bonds is 34. The number of unbranched alkanes of at least 4 members (excludes halogenated alkanes) is 23. The Morgan fingerprint density at radius 3 is 1.57 bits per heavy atom. The average molecular weight is 747 g/mol. The number of aryl methyl sites for hydroxylation is 1. The first-order valence-corrected chi connectivity index (χ1v) is 22.3. The molecule has 0 saturated carbocycles. The van der Waals surface area contributed by atoms with Crippen LogP contribution in [0, 0.1) is 0 Å². The van der Waals surface area contributed by atoms with E-state index in [1.165, 1.54) is 134 Å². The second-order valence-corrected chi connectivity index (χ2v) is 16.2. The second kappa shape index (κ2) is 31.6. The quantitative estimate of drug-likeness (QED) is 0.0387. The molecule has 1 aliphatic heterocycles. The lowest BCUT2D eigenvalue weighted by molar-refractivity contribution is -0.231. The number of aliphatic hydroxyl groups excluding tert-OH is 4. The number of nitrogens with one attached hydrogen (secondary N) is 1. The Labute approximate surface area is 324 Å². The van der Waals surface area contributed by atoms with Gasteiger partial charge in [0.25, 0.3) is 0 Å². The second-order valence-electron chi connectivity index (χ2n) is 16.2. The normalized spacial score (nSPS) is 21.4. The van der Waals surface area contributed by atoms with E-state index in [1.807, 2.05) is 18.2 Å². The number of amides is 1. The van der Waals surface area contributed by atoms with Gasteiger partial charge in [0.15, 0.2) is 0 Å². The molecular formula is C45H82N2O6. The summed E-state index contributed by atoms with van der Waals surface area (Å²) in [5.74, 6) is -0.0668. The SMILES string of the molecule is CCCCCCCCCCCCCCCCCCCCCCCCCC(=O)N[C@H](CC1O[C@H](CO)[C@H](O)[C@H](O)[C@H]1O)[C@H](N)CCCCc1ccccc1. The van der Waals surface area contributed by atoms with Gasteiger partial charge in [0.05, 0.1) is 12.7 Å². The van der Waals surface area contributed by atoms with Crippen molar-refractivity contribution in [1.82, 2.24) is 5.32 Å². The van der Waals surface area contributed by atoms with Gasteiger partial charge in [-0.15, -0.1) is 0 Å². The molecule has 2 rings (SSSR count). The summed E-state index contributed by atoms with van der Waals surface area (Å²) in [7, 11) is 0. The van der Waals surface area contributed by atoms with E-state index in [9.17, 15) is 25.2 Å². The largest absolute Gasteiger partial charge is 0.394 e. The van der Waals surface area contributed by atoms with Gasteiger partial charge in [-0.1, -0.05) is 185 Å². The van der Waals surface area contributed by atoms with E-state index in [2.05, 4.69) is 24.4 Å². The summed E-state index contributed by atoms with van der Waals surface area (Å²) < 4.78 is 5.77. The van der Waals surface area contributed by atoms with Gasteiger partial charge < -0.3 is 36.2 Å². The molecule has 8 heteroatoms. The first-order valence-electron chi connectivity index (χ1n) is 22.3. The summed E-state index contributed by atoms with van der Waals surface area (Å²) in [6.45, 7) is 1.80. The predicted octanol–water partition coefficient (Wildman–Crippen LogP) is 8.83. The minimum Gasteiger partial charge on any atom is -0.394 e. The van der Waals surface area contributed by atoms with Crippen LogP contribution < -0.4 is 11.1 Å². The highest BCUT2D eigenvalue weighted by Gasteiger charge is 2.44. The molecule has 308 valence electrons. The lowest BCUT2D eigenvalue weighted by atomic mass is 9.88. The number of carbonyl (C=O) groups excluding carboxylic acids is 1. The topological polar surface area (TPSA) is 145 Å². The predicted molar refractivity (Wildman–Crippen MR) is 219 cm³/mol. The van der Waals surface area contributed by atoms with E-state index in [1.54, 1.807) is 0 Å². The van der Waals surface area contributed by atoms with E-state index in [4.69, 9.17) is 10.5 Å². The molecule has 0 spiro atoms. The summed E-state index contributed by atoms with van der Waals surface area (Å²) in [6.07, 6.45) is 28.8. The number of nitrogens with two attached hydrogens (primary N) is 1. The van der Waals surface area contributed by atoms with Gasteiger partial charge in [-0.3, -0.25) is 4.79 Å². The minimum atomic E-state index is -1.45. The van der Waals surface area contributed by atoms with Crippen molar-refractivity contribution in [3.05, 3.63) is 35.9 Å². The molecule has 7 atom stereocenters. The lowest BCUT2D eigenvalue weighted by Crippen LogP contribution is -2.60. The molecule has 7 N–H and O–H groups in total. The van der Waals surface area contributed by atoms with Crippen LogP contribution in [0.1, 0.15) is 192 Å². The first kappa shape index (κ1) is 47.6. The van der Waals surface area contributed by atoms with Gasteiger partial charge >= 0.3 is 0 Å². The molecule has 1 aliphatic rings. The zero-order chi connectivity index (χ0) is 38.4. The fraction of sp³-hybridized carbons (Fsp3) is 0.844. The molecule has 1 aromatic carbocycles. The third-order valence-corrected chi connectivity index (χ3v) is 11.4. The highest BCUT2D eigenvalue weighted by molar-refractivity contribution is 5.76. The van der Waals surface area contributed by atoms with E-state index in [0.717, 1.165) is 38.5 Å². The van der Waals surface area contributed by atoms with Crippen LogP contribution in [0.15, 0.2) is 30.3 Å². The van der Waals surface area contributed by atoms with Crippen molar-refractivity contribution in [3.63, 3.8) is 0 Å². The smallest absolute Gasteiger partial charge is 0.220 e. The molecule has 1 aromatic rings. The number of aliphatic hydroxyl groups is 4. The first-order chi connectivity index (χ1) is 25.9. The van der Waals surface area contributed by atoms with Gasteiger partial charge in [-0.2, -0.15) is 0 Å². The Hall–Kier alpha value is -1.55. The highest BCUT2D eigenvalue weighted by atomic mass is 16.5. The number of benzene rings is 1. The summed E-state index contributed by atoms with van der Waals surface area (Å²) in [5, 5.41) is 43.9. The standard InChI is InChI=1S/C45H82N2O6/c1-2-3-4-5-6-7-8-9-10-11-12-13-14-15-16-17-18-19-20-21-22-23-27-34-42(49)47-39(35-40-43(50)45(52)44(51)41(36-48)53-40)38(46)33-29-28-32-37-30-25-24-26-31-37/h24-26,30-31,38-41,43-45,48,50-52H,2-23,27-29,32-36,46H2,1H3,(H,47,49)/t38-,39-,40?,41-,43+,44+,45-/m1/s1. The van der Waals surface area contributed by atoms with Crippen LogP contribution in [0.4, 0.5) is 0 Å². The van der Waals surface area contributed by atoms with E-state index < -0.39 is 43.2 Å². The van der Waals surface area contributed by atoms with Crippen molar-refractivity contribution in [1.29, 1.82) is 0 Å². The third-order valence-electron chi connectivity index (χ3n) is 11.4. The average Bonchev–Trinajstić information content (AvgIpc) is 3.17. The van der Waals surface area contributed by atoms with Crippen LogP contribution in [0.3, 0.4) is 0 Å². The highest BCUT2D eigenvalue weighted by Crippen LogP contribution is 2.25. The summed E-state index contributed by atoms with van der Waals surface area (Å²) >= 11 is 0. The van der Waals surface area contributed by atoms with Crippen molar-refractivity contribution >= 4 is 5.91 Å². The van der Waals surface area contributed by atoms with Crippen molar-refractivity contribution in [2.45, 2.75) is 236 Å². The fourth-order valence-corrected chi connectivity index (χ4v) is 7.87. The molecular weight excluding hydrogens is 665 g/mol. The summed E-state index contributed by atoms with van der Waals surface area (Å²) in [4.78, 5) is 13.1. The molecule has 1 fully saturated rings. The molecule has 0 aromatic heterocycles. The summed E-state index contributed by atoms with van der Waals surface area (Å²) in [6, 6.07) is 9.48. The van der Waals surface area contributed by atoms with Crippen LogP contribution in [0.2, 0.25) is 0 Å². The van der Waals surface area contributed by atoms with Crippen molar-refractivity contribution in [3.8, 4) is 0 Å². The minimum absolute atomic E-state index is 0.0668. The summed E-state index contributed by atoms with van der Waals surface area (Å²) in [5.41, 5.74) is 7.92. The molecule has 0 bridgehead atoms. The third kappa shape index (κ3) is 22.6. The fourth-order valence-electron chi connectivity index (χ4n) is 7.87. The van der Waals surface area contributed by atoms with Crippen molar-refractivity contribution < 1.29 is 30.0 Å². The zero-order valence-electron chi connectivity index (χ0n) is 33.8. The Bertz CT molecular complexity index is 981. The molecule has 1 unspecified atom stereocenters. The van der Waals surface area contributed by atoms with Crippen LogP contribution in [0.5, 0.6) is 0 Å². The number of hydrogen-bond acceptors (Lipinski definition) is 7. The molecule has 1 amide bonds. The monoisotopic (exact) mass is 747 g/mol. The van der Waals surface area contributed by atoms with Crippen molar-refractivity contribution in [2.24, 2.45) is 5.73 Å². The number of ether oxygens (including phenoxy) is 1. The van der Waals surface area contributed by atoms with Gasteiger partial charge in [0.2, 0.25) is 5.91 Å². The lowest BCUT2D eigenvalue weighted by Gasteiger charge is -2.42. The van der Waals surface area contributed by atoms with Gasteiger partial charge in [-0.25, -0.2) is 0 Å². The maximum Gasteiger partial charge on any atom is 0.220 e. The molecule has 1 heterocycles. The Morgan fingerprint density at radius 2 is 1.09 bits per heavy atom. The van der Waals surface area contributed by atoms with Gasteiger partial charge in [0, 0.05) is 18.5 Å². The van der Waals surface area contributed by atoms with E-state index in [-0.39, 0.29) is 18.4 Å². The maximum atomic E-state index is 13.1. The Kier molecular flexibility index (Phi) is 28.4.